The van der Waals surface area contributed by atoms with Crippen molar-refractivity contribution in [1.29, 1.82) is 0 Å². The second-order valence-corrected chi connectivity index (χ2v) is 5.22. The first-order valence-corrected chi connectivity index (χ1v) is 6.08. The monoisotopic (exact) mass is 228 g/mol. The highest BCUT2D eigenvalue weighted by Gasteiger charge is 2.07. The van der Waals surface area contributed by atoms with E-state index in [4.69, 9.17) is 5.73 Å². The summed E-state index contributed by atoms with van der Waals surface area (Å²) in [4.78, 5) is 3.27. The molecule has 0 saturated carbocycles. The molecule has 0 bridgehead atoms. The molecule has 1 aromatic heterocycles. The van der Waals surface area contributed by atoms with E-state index in [-0.39, 0.29) is 5.54 Å². The fourth-order valence-corrected chi connectivity index (χ4v) is 1.90. The molecule has 2 nitrogen and oxygen atoms in total. The molecule has 17 heavy (non-hydrogen) atoms. The van der Waals surface area contributed by atoms with Gasteiger partial charge in [-0.15, -0.1) is 0 Å². The van der Waals surface area contributed by atoms with Crippen molar-refractivity contribution in [3.05, 3.63) is 42.1 Å². The lowest BCUT2D eigenvalue weighted by Gasteiger charge is -2.16. The molecule has 2 aromatic rings. The summed E-state index contributed by atoms with van der Waals surface area (Å²) in [6.07, 6.45) is 8.44. The van der Waals surface area contributed by atoms with Crippen LogP contribution in [-0.4, -0.2) is 10.5 Å². The van der Waals surface area contributed by atoms with E-state index < -0.39 is 0 Å². The predicted octanol–water partition coefficient (Wildman–Crippen LogP) is 3.70. The zero-order valence-electron chi connectivity index (χ0n) is 10.5. The van der Waals surface area contributed by atoms with E-state index >= 15 is 0 Å². The maximum atomic E-state index is 5.95. The van der Waals surface area contributed by atoms with Gasteiger partial charge in [-0.25, -0.2) is 0 Å². The molecule has 0 radical (unpaired) electrons. The lowest BCUT2D eigenvalue weighted by molar-refractivity contribution is 0.482. The van der Waals surface area contributed by atoms with Crippen molar-refractivity contribution in [2.75, 3.05) is 0 Å². The second-order valence-electron chi connectivity index (χ2n) is 5.22. The molecule has 1 heterocycles. The summed E-state index contributed by atoms with van der Waals surface area (Å²) in [5.74, 6) is 0. The lowest BCUT2D eigenvalue weighted by Crippen LogP contribution is -2.31. The SMILES string of the molecule is CC(C)(N)CC/C=C/c1c[nH]c2ccccc12. The van der Waals surface area contributed by atoms with Crippen LogP contribution < -0.4 is 5.73 Å². The largest absolute Gasteiger partial charge is 0.361 e. The zero-order chi connectivity index (χ0) is 12.3. The van der Waals surface area contributed by atoms with Crippen molar-refractivity contribution < 1.29 is 0 Å². The standard InChI is InChI=1S/C15H20N2/c1-15(2,16)10-6-5-7-12-11-17-14-9-4-3-8-13(12)14/h3-5,7-9,11,17H,6,10,16H2,1-2H3/b7-5+. The smallest absolute Gasteiger partial charge is 0.0460 e. The molecule has 0 spiro atoms. The number of aromatic nitrogens is 1. The summed E-state index contributed by atoms with van der Waals surface area (Å²) in [6, 6.07) is 8.34. The van der Waals surface area contributed by atoms with Crippen LogP contribution in [0.1, 0.15) is 32.3 Å². The Kier molecular flexibility index (Phi) is 3.34. The quantitative estimate of drug-likeness (QED) is 0.823. The summed E-state index contributed by atoms with van der Waals surface area (Å²) in [6.45, 7) is 4.12. The number of allylic oxidation sites excluding steroid dienone is 1. The minimum absolute atomic E-state index is 0.0788. The van der Waals surface area contributed by atoms with Crippen LogP contribution in [-0.2, 0) is 0 Å². The van der Waals surface area contributed by atoms with Gasteiger partial charge in [-0.05, 0) is 38.3 Å². The third kappa shape index (κ3) is 3.21. The number of H-pyrrole nitrogens is 1. The summed E-state index contributed by atoms with van der Waals surface area (Å²) < 4.78 is 0. The zero-order valence-corrected chi connectivity index (χ0v) is 10.5. The highest BCUT2D eigenvalue weighted by atomic mass is 14.7. The van der Waals surface area contributed by atoms with E-state index in [0.717, 1.165) is 12.8 Å². The summed E-state index contributed by atoms with van der Waals surface area (Å²) in [5, 5.41) is 1.27. The Morgan fingerprint density at radius 2 is 2.06 bits per heavy atom. The topological polar surface area (TPSA) is 41.8 Å². The Balaban J connectivity index is 2.06. The number of para-hydroxylation sites is 1. The van der Waals surface area contributed by atoms with Crippen LogP contribution in [0, 0.1) is 0 Å². The average Bonchev–Trinajstić information content (AvgIpc) is 2.67. The average molecular weight is 228 g/mol. The Morgan fingerprint density at radius 1 is 1.29 bits per heavy atom. The van der Waals surface area contributed by atoms with Gasteiger partial charge < -0.3 is 10.7 Å². The second kappa shape index (κ2) is 4.76. The van der Waals surface area contributed by atoms with Gasteiger partial charge in [0.2, 0.25) is 0 Å². The third-order valence-electron chi connectivity index (χ3n) is 2.87. The third-order valence-corrected chi connectivity index (χ3v) is 2.87. The van der Waals surface area contributed by atoms with Crippen molar-refractivity contribution in [3.8, 4) is 0 Å². The minimum Gasteiger partial charge on any atom is -0.361 e. The Bertz CT molecular complexity index is 515. The number of nitrogens with one attached hydrogen (secondary N) is 1. The van der Waals surface area contributed by atoms with Crippen LogP contribution in [0.2, 0.25) is 0 Å². The van der Waals surface area contributed by atoms with Gasteiger partial charge in [0.05, 0.1) is 0 Å². The molecule has 2 rings (SSSR count). The van der Waals surface area contributed by atoms with Crippen LogP contribution in [0.5, 0.6) is 0 Å². The van der Waals surface area contributed by atoms with Crippen LogP contribution in [0.4, 0.5) is 0 Å². The number of aromatic amines is 1. The number of hydrogen-bond acceptors (Lipinski definition) is 1. The molecule has 90 valence electrons. The molecule has 2 heteroatoms. The van der Waals surface area contributed by atoms with Crippen molar-refractivity contribution >= 4 is 17.0 Å². The molecule has 0 atom stereocenters. The summed E-state index contributed by atoms with van der Waals surface area (Å²) in [5.41, 5.74) is 8.30. The van der Waals surface area contributed by atoms with Gasteiger partial charge in [0.1, 0.15) is 0 Å². The molecule has 1 aromatic carbocycles. The van der Waals surface area contributed by atoms with E-state index in [2.05, 4.69) is 55.4 Å². The molecular formula is C15H20N2. The fourth-order valence-electron chi connectivity index (χ4n) is 1.90. The van der Waals surface area contributed by atoms with E-state index in [1.807, 2.05) is 6.07 Å². The molecular weight excluding hydrogens is 208 g/mol. The Hall–Kier alpha value is -1.54. The molecule has 3 N–H and O–H groups in total. The highest BCUT2D eigenvalue weighted by Crippen LogP contribution is 2.19. The molecule has 0 aliphatic rings. The normalized spacial score (nSPS) is 12.6. The fraction of sp³-hybridized carbons (Fsp3) is 0.333. The van der Waals surface area contributed by atoms with Gasteiger partial charge in [-0.3, -0.25) is 0 Å². The maximum absolute atomic E-state index is 5.95. The van der Waals surface area contributed by atoms with Gasteiger partial charge in [0, 0.05) is 22.6 Å². The molecule has 0 aliphatic heterocycles. The molecule has 0 amide bonds. The molecule has 0 fully saturated rings. The van der Waals surface area contributed by atoms with Gasteiger partial charge in [0.25, 0.3) is 0 Å². The van der Waals surface area contributed by atoms with E-state index in [1.165, 1.54) is 16.5 Å². The van der Waals surface area contributed by atoms with Crippen molar-refractivity contribution in [1.82, 2.24) is 4.98 Å². The van der Waals surface area contributed by atoms with Crippen LogP contribution >= 0.6 is 0 Å². The molecule has 0 aliphatic carbocycles. The van der Waals surface area contributed by atoms with Crippen molar-refractivity contribution in [2.45, 2.75) is 32.2 Å². The van der Waals surface area contributed by atoms with Crippen molar-refractivity contribution in [2.24, 2.45) is 5.73 Å². The van der Waals surface area contributed by atoms with Gasteiger partial charge in [0.15, 0.2) is 0 Å². The Labute approximate surface area is 103 Å². The van der Waals surface area contributed by atoms with E-state index in [0.29, 0.717) is 0 Å². The number of nitrogens with two attached hydrogens (primary N) is 1. The van der Waals surface area contributed by atoms with Gasteiger partial charge in [-0.1, -0.05) is 30.4 Å². The maximum Gasteiger partial charge on any atom is 0.0460 e. The number of hydrogen-bond donors (Lipinski definition) is 2. The van der Waals surface area contributed by atoms with Gasteiger partial charge in [-0.2, -0.15) is 0 Å². The molecule has 0 saturated heterocycles. The highest BCUT2D eigenvalue weighted by molar-refractivity contribution is 5.88. The van der Waals surface area contributed by atoms with Crippen LogP contribution in [0.3, 0.4) is 0 Å². The summed E-state index contributed by atoms with van der Waals surface area (Å²) in [7, 11) is 0. The van der Waals surface area contributed by atoms with E-state index in [9.17, 15) is 0 Å². The minimum atomic E-state index is -0.0788. The van der Waals surface area contributed by atoms with E-state index in [1.54, 1.807) is 0 Å². The van der Waals surface area contributed by atoms with Crippen LogP contribution in [0.25, 0.3) is 17.0 Å². The number of rotatable bonds is 4. The predicted molar refractivity (Wildman–Crippen MR) is 74.8 cm³/mol. The summed E-state index contributed by atoms with van der Waals surface area (Å²) >= 11 is 0. The lowest BCUT2D eigenvalue weighted by atomic mass is 10.00. The van der Waals surface area contributed by atoms with Crippen LogP contribution in [0.15, 0.2) is 36.5 Å². The van der Waals surface area contributed by atoms with Crippen molar-refractivity contribution in [3.63, 3.8) is 0 Å². The first kappa shape index (κ1) is 11.9. The number of fused-ring (bicyclic) bond motifs is 1. The molecule has 0 unspecified atom stereocenters. The first-order chi connectivity index (χ1) is 8.06. The number of benzene rings is 1. The first-order valence-electron chi connectivity index (χ1n) is 6.08. The van der Waals surface area contributed by atoms with Gasteiger partial charge >= 0.3 is 0 Å². The Morgan fingerprint density at radius 3 is 2.82 bits per heavy atom.